The molecule has 0 saturated carbocycles. The van der Waals surface area contributed by atoms with E-state index in [0.717, 1.165) is 32.1 Å². The molecule has 0 unspecified atom stereocenters. The highest BCUT2D eigenvalue weighted by Crippen LogP contribution is 2.02. The van der Waals surface area contributed by atoms with Gasteiger partial charge < -0.3 is 15.4 Å². The van der Waals surface area contributed by atoms with Crippen LogP contribution in [0.15, 0.2) is 0 Å². The van der Waals surface area contributed by atoms with Crippen LogP contribution in [-0.2, 0) is 4.79 Å². The van der Waals surface area contributed by atoms with E-state index >= 15 is 0 Å². The summed E-state index contributed by atoms with van der Waals surface area (Å²) in [5.74, 6) is 0. The molecular formula is C8H18N2O. The van der Waals surface area contributed by atoms with Crippen LogP contribution >= 0.6 is 0 Å². The Hall–Kier alpha value is -0.410. The van der Waals surface area contributed by atoms with Gasteiger partial charge in [-0.2, -0.15) is 0 Å². The molecule has 0 fully saturated rings. The molecule has 0 aromatic carbocycles. The van der Waals surface area contributed by atoms with Gasteiger partial charge in [-0.1, -0.05) is 6.42 Å². The van der Waals surface area contributed by atoms with Gasteiger partial charge in [0.15, 0.2) is 0 Å². The van der Waals surface area contributed by atoms with Crippen LogP contribution in [0.4, 0.5) is 0 Å². The summed E-state index contributed by atoms with van der Waals surface area (Å²) < 4.78 is 0. The number of rotatable bonds is 6. The molecule has 0 heterocycles. The molecule has 0 aliphatic heterocycles. The normalized spacial score (nSPS) is 13.5. The molecule has 0 radical (unpaired) electrons. The lowest BCUT2D eigenvalue weighted by Gasteiger charge is -2.17. The number of nitrogens with zero attached hydrogens (tertiary/aromatic N) is 1. The van der Waals surface area contributed by atoms with Crippen molar-refractivity contribution in [2.24, 2.45) is 5.73 Å². The zero-order chi connectivity index (χ0) is 8.69. The van der Waals surface area contributed by atoms with Gasteiger partial charge in [-0.15, -0.1) is 0 Å². The third-order valence-electron chi connectivity index (χ3n) is 1.77. The fraction of sp³-hybridized carbons (Fsp3) is 0.875. The predicted octanol–water partition coefficient (Wildman–Crippen LogP) is 0.244. The second kappa shape index (κ2) is 6.31. The van der Waals surface area contributed by atoms with Crippen LogP contribution in [0.1, 0.15) is 19.3 Å². The van der Waals surface area contributed by atoms with E-state index < -0.39 is 0 Å². The third-order valence-corrected chi connectivity index (χ3v) is 1.77. The van der Waals surface area contributed by atoms with Gasteiger partial charge in [0.1, 0.15) is 6.29 Å². The average molecular weight is 158 g/mol. The third kappa shape index (κ3) is 4.93. The first-order valence-electron chi connectivity index (χ1n) is 4.04. The van der Waals surface area contributed by atoms with E-state index in [1.807, 2.05) is 19.0 Å². The molecule has 3 heteroatoms. The summed E-state index contributed by atoms with van der Waals surface area (Å²) >= 11 is 0. The van der Waals surface area contributed by atoms with Crippen molar-refractivity contribution in [2.75, 3.05) is 20.6 Å². The van der Waals surface area contributed by atoms with Gasteiger partial charge in [-0.05, 0) is 33.5 Å². The van der Waals surface area contributed by atoms with Crippen LogP contribution in [0.3, 0.4) is 0 Å². The molecule has 0 saturated heterocycles. The molecule has 0 amide bonds. The van der Waals surface area contributed by atoms with Gasteiger partial charge in [-0.3, -0.25) is 0 Å². The summed E-state index contributed by atoms with van der Waals surface area (Å²) in [4.78, 5) is 12.4. The SMILES string of the molecule is CN(C)[C@H](C=O)CCCCN. The van der Waals surface area contributed by atoms with Crippen molar-refractivity contribution in [3.63, 3.8) is 0 Å². The molecule has 0 aromatic heterocycles. The zero-order valence-corrected chi connectivity index (χ0v) is 7.42. The van der Waals surface area contributed by atoms with E-state index in [0.29, 0.717) is 0 Å². The van der Waals surface area contributed by atoms with Crippen LogP contribution in [0.25, 0.3) is 0 Å². The van der Waals surface area contributed by atoms with Crippen molar-refractivity contribution in [3.05, 3.63) is 0 Å². The fourth-order valence-corrected chi connectivity index (χ4v) is 0.946. The lowest BCUT2D eigenvalue weighted by molar-refractivity contribution is -0.111. The number of carbonyl (C=O) groups excluding carboxylic acids is 1. The maximum absolute atomic E-state index is 10.5. The van der Waals surface area contributed by atoms with Crippen LogP contribution in [0.5, 0.6) is 0 Å². The Kier molecular flexibility index (Phi) is 6.07. The number of hydrogen-bond acceptors (Lipinski definition) is 3. The molecule has 66 valence electrons. The number of nitrogens with two attached hydrogens (primary N) is 1. The molecule has 0 rings (SSSR count). The largest absolute Gasteiger partial charge is 0.330 e. The zero-order valence-electron chi connectivity index (χ0n) is 7.42. The highest BCUT2D eigenvalue weighted by molar-refractivity contribution is 5.57. The van der Waals surface area contributed by atoms with Crippen molar-refractivity contribution in [2.45, 2.75) is 25.3 Å². The second-order valence-electron chi connectivity index (χ2n) is 2.95. The van der Waals surface area contributed by atoms with E-state index in [2.05, 4.69) is 0 Å². The molecule has 0 bridgehead atoms. The highest BCUT2D eigenvalue weighted by Gasteiger charge is 2.07. The Labute approximate surface area is 68.6 Å². The lowest BCUT2D eigenvalue weighted by Crippen LogP contribution is -2.29. The molecular weight excluding hydrogens is 140 g/mol. The highest BCUT2D eigenvalue weighted by atomic mass is 16.1. The number of unbranched alkanes of at least 4 members (excludes halogenated alkanes) is 1. The molecule has 0 aromatic rings. The monoisotopic (exact) mass is 158 g/mol. The van der Waals surface area contributed by atoms with Crippen molar-refractivity contribution >= 4 is 6.29 Å². The van der Waals surface area contributed by atoms with Crippen molar-refractivity contribution in [1.82, 2.24) is 4.90 Å². The maximum atomic E-state index is 10.5. The van der Waals surface area contributed by atoms with Gasteiger partial charge >= 0.3 is 0 Å². The molecule has 0 aliphatic rings. The summed E-state index contributed by atoms with van der Waals surface area (Å²) in [6.07, 6.45) is 3.97. The summed E-state index contributed by atoms with van der Waals surface area (Å²) in [7, 11) is 3.84. The summed E-state index contributed by atoms with van der Waals surface area (Å²) in [6, 6.07) is 0.0709. The van der Waals surface area contributed by atoms with Gasteiger partial charge in [0.05, 0.1) is 6.04 Å². The Morgan fingerprint density at radius 3 is 2.45 bits per heavy atom. The summed E-state index contributed by atoms with van der Waals surface area (Å²) in [6.45, 7) is 0.721. The number of hydrogen-bond donors (Lipinski definition) is 1. The van der Waals surface area contributed by atoms with Crippen LogP contribution in [0.2, 0.25) is 0 Å². The average Bonchev–Trinajstić information content (AvgIpc) is 1.97. The molecule has 0 spiro atoms. The predicted molar refractivity (Wildman–Crippen MR) is 46.4 cm³/mol. The van der Waals surface area contributed by atoms with Crippen molar-refractivity contribution in [1.29, 1.82) is 0 Å². The Morgan fingerprint density at radius 2 is 2.09 bits per heavy atom. The summed E-state index contributed by atoms with van der Waals surface area (Å²) in [5, 5.41) is 0. The Balaban J connectivity index is 3.44. The first-order chi connectivity index (χ1) is 5.22. The first-order valence-corrected chi connectivity index (χ1v) is 4.04. The number of likely N-dealkylation sites (N-methyl/N-ethyl adjacent to an activating group) is 1. The van der Waals surface area contributed by atoms with E-state index in [1.165, 1.54) is 0 Å². The van der Waals surface area contributed by atoms with Gasteiger partial charge in [-0.25, -0.2) is 0 Å². The molecule has 3 nitrogen and oxygen atoms in total. The second-order valence-corrected chi connectivity index (χ2v) is 2.95. The van der Waals surface area contributed by atoms with Gasteiger partial charge in [0, 0.05) is 0 Å². The van der Waals surface area contributed by atoms with Crippen LogP contribution in [0, 0.1) is 0 Å². The molecule has 1 atom stereocenters. The van der Waals surface area contributed by atoms with Gasteiger partial charge in [0.25, 0.3) is 0 Å². The number of carbonyl (C=O) groups is 1. The maximum Gasteiger partial charge on any atom is 0.137 e. The minimum atomic E-state index is 0.0709. The van der Waals surface area contributed by atoms with Crippen LogP contribution < -0.4 is 5.73 Å². The molecule has 2 N–H and O–H groups in total. The smallest absolute Gasteiger partial charge is 0.137 e. The van der Waals surface area contributed by atoms with E-state index in [1.54, 1.807) is 0 Å². The molecule has 11 heavy (non-hydrogen) atoms. The quantitative estimate of drug-likeness (QED) is 0.445. The van der Waals surface area contributed by atoms with Crippen molar-refractivity contribution in [3.8, 4) is 0 Å². The lowest BCUT2D eigenvalue weighted by atomic mass is 10.1. The minimum Gasteiger partial charge on any atom is -0.330 e. The summed E-state index contributed by atoms with van der Waals surface area (Å²) in [5.41, 5.74) is 5.33. The first kappa shape index (κ1) is 10.6. The standard InChI is InChI=1S/C8H18N2O/c1-10(2)8(7-11)5-3-4-6-9/h7-8H,3-6,9H2,1-2H3/t8-/m0/s1. The Morgan fingerprint density at radius 1 is 1.45 bits per heavy atom. The fourth-order valence-electron chi connectivity index (χ4n) is 0.946. The van der Waals surface area contributed by atoms with Crippen LogP contribution in [-0.4, -0.2) is 37.9 Å². The topological polar surface area (TPSA) is 46.3 Å². The van der Waals surface area contributed by atoms with Gasteiger partial charge in [0.2, 0.25) is 0 Å². The van der Waals surface area contributed by atoms with E-state index in [9.17, 15) is 4.79 Å². The molecule has 0 aliphatic carbocycles. The van der Waals surface area contributed by atoms with E-state index in [-0.39, 0.29) is 6.04 Å². The Bertz CT molecular complexity index is 104. The minimum absolute atomic E-state index is 0.0709. The van der Waals surface area contributed by atoms with Crippen molar-refractivity contribution < 1.29 is 4.79 Å². The van der Waals surface area contributed by atoms with E-state index in [4.69, 9.17) is 5.73 Å². The number of aldehydes is 1.